The summed E-state index contributed by atoms with van der Waals surface area (Å²) in [5.74, 6) is 2.34. The van der Waals surface area contributed by atoms with Crippen molar-refractivity contribution in [3.05, 3.63) is 468 Å². The molecule has 6 heterocycles. The number of benzene rings is 14. The first-order valence-corrected chi connectivity index (χ1v) is 48.1. The Bertz CT molecular complexity index is 7660. The Balaban J connectivity index is 0.000000254. The van der Waals surface area contributed by atoms with Gasteiger partial charge < -0.3 is 60.2 Å². The number of hydrogen-bond acceptors (Lipinski definition) is 17. The summed E-state index contributed by atoms with van der Waals surface area (Å²) >= 11 is 0. The van der Waals surface area contributed by atoms with Crippen molar-refractivity contribution in [2.45, 2.75) is 103 Å². The Labute approximate surface area is 877 Å². The van der Waals surface area contributed by atoms with Crippen LogP contribution in [0.4, 0.5) is 9.59 Å². The number of amides is 2. The van der Waals surface area contributed by atoms with Crippen LogP contribution >= 0.6 is 0 Å². The number of aromatic nitrogens is 20. The van der Waals surface area contributed by atoms with Crippen LogP contribution in [0.3, 0.4) is 0 Å². The smallest absolute Gasteiger partial charge is 0.437 e. The number of halogens is 2. The Morgan fingerprint density at radius 1 is 0.399 bits per heavy atom. The molecule has 0 unspecified atom stereocenters. The molecule has 20 rings (SSSR count). The third-order valence-corrected chi connectivity index (χ3v) is 25.1. The van der Waals surface area contributed by atoms with E-state index in [1.807, 2.05) is 106 Å². The highest BCUT2D eigenvalue weighted by Crippen LogP contribution is 2.47. The van der Waals surface area contributed by atoms with Gasteiger partial charge in [-0.2, -0.15) is 10.4 Å². The summed E-state index contributed by atoms with van der Waals surface area (Å²) in [6.45, 7) is 13.8. The van der Waals surface area contributed by atoms with Crippen LogP contribution in [0.5, 0.6) is 0 Å². The molecule has 30 nitrogen and oxygen atoms in total. The second-order valence-corrected chi connectivity index (χ2v) is 37.3. The topological polar surface area (TPSA) is 367 Å². The molecule has 0 radical (unpaired) electrons. The van der Waals surface area contributed by atoms with E-state index in [0.717, 1.165) is 123 Å². The molecule has 0 bridgehead atoms. The van der Waals surface area contributed by atoms with Crippen molar-refractivity contribution in [1.82, 2.24) is 101 Å². The largest absolute Gasteiger partial charge is 1.00 e. The molecule has 2 amide bonds. The number of alkyl carbamates (subject to hydrolysis) is 1. The number of carbonyl (C=O) groups is 2. The third kappa shape index (κ3) is 23.3. The number of H-pyrrole nitrogens is 2. The fourth-order valence-corrected chi connectivity index (χ4v) is 18.7. The summed E-state index contributed by atoms with van der Waals surface area (Å²) in [7, 11) is 0. The summed E-state index contributed by atoms with van der Waals surface area (Å²) < 4.78 is 23.9. The van der Waals surface area contributed by atoms with Crippen molar-refractivity contribution in [3.63, 3.8) is 0 Å². The van der Waals surface area contributed by atoms with Crippen molar-refractivity contribution in [2.75, 3.05) is 13.1 Å². The highest BCUT2D eigenvalue weighted by atomic mass is 79.9. The van der Waals surface area contributed by atoms with Gasteiger partial charge in [0, 0.05) is 41.6 Å². The Kier molecular flexibility index (Phi) is 31.8. The van der Waals surface area contributed by atoms with Crippen LogP contribution in [0.15, 0.2) is 411 Å². The third-order valence-electron chi connectivity index (χ3n) is 25.1. The minimum Gasteiger partial charge on any atom is -1.00 e. The maximum absolute atomic E-state index is 13.1. The quantitative estimate of drug-likeness (QED) is 0.0105. The number of nitrogens with zero attached hydrogens (tertiary/aromatic N) is 20. The maximum Gasteiger partial charge on any atom is 0.437 e. The molecule has 740 valence electrons. The van der Waals surface area contributed by atoms with E-state index in [2.05, 4.69) is 395 Å². The highest BCUT2D eigenvalue weighted by molar-refractivity contribution is 5.99. The second-order valence-electron chi connectivity index (χ2n) is 37.3. The Morgan fingerprint density at radius 3 is 1.14 bits per heavy atom. The summed E-state index contributed by atoms with van der Waals surface area (Å²) in [5.41, 5.74) is 32.1. The zero-order chi connectivity index (χ0) is 100. The fourth-order valence-electron chi connectivity index (χ4n) is 18.7. The maximum atomic E-state index is 13.1. The number of nitrogens with two attached hydrogens (primary N) is 2. The zero-order valence-corrected chi connectivity index (χ0v) is 85.4. The average molecular weight is 2090 g/mol. The van der Waals surface area contributed by atoms with Crippen LogP contribution in [0.1, 0.15) is 109 Å². The van der Waals surface area contributed by atoms with E-state index < -0.39 is 34.5 Å². The van der Waals surface area contributed by atoms with Crippen molar-refractivity contribution < 1.29 is 62.2 Å². The van der Waals surface area contributed by atoms with E-state index in [1.54, 1.807) is 41.5 Å². The van der Waals surface area contributed by atoms with E-state index >= 15 is 0 Å². The summed E-state index contributed by atoms with van der Waals surface area (Å²) in [6, 6.07) is 129. The van der Waals surface area contributed by atoms with E-state index in [4.69, 9.17) is 41.6 Å². The molecule has 0 spiro atoms. The molecular formula is C116H108Br2N26O4. The Morgan fingerprint density at radius 2 is 0.757 bits per heavy atom. The first kappa shape index (κ1) is 102. The zero-order valence-electron chi connectivity index (χ0n) is 82.2. The van der Waals surface area contributed by atoms with Gasteiger partial charge in [-0.25, -0.2) is 37.2 Å². The van der Waals surface area contributed by atoms with Gasteiger partial charge in [-0.15, -0.1) is 35.6 Å². The van der Waals surface area contributed by atoms with E-state index in [9.17, 15) is 9.59 Å². The van der Waals surface area contributed by atoms with Gasteiger partial charge in [-0.3, -0.25) is 10.3 Å². The molecule has 6 aromatic heterocycles. The lowest BCUT2D eigenvalue weighted by molar-refractivity contribution is -0.694. The van der Waals surface area contributed by atoms with Crippen molar-refractivity contribution >= 4 is 24.1 Å². The number of carbonyl (C=O) groups excluding carboxylic acids is 2. The van der Waals surface area contributed by atoms with Crippen LogP contribution < -0.4 is 65.2 Å². The molecule has 148 heavy (non-hydrogen) atoms. The average Bonchev–Trinajstić information content (AvgIpc) is 1.22. The van der Waals surface area contributed by atoms with Gasteiger partial charge in [0.2, 0.25) is 30.3 Å². The molecular weight excluding hydrogens is 1980 g/mol. The lowest BCUT2D eigenvalue weighted by Crippen LogP contribution is -3.00. The number of guanidine groups is 2. The molecule has 14 aromatic carbocycles. The van der Waals surface area contributed by atoms with Gasteiger partial charge in [0.05, 0.1) is 6.54 Å². The number of aliphatic imine (C=N–C) groups is 2. The molecule has 20 aromatic rings. The van der Waals surface area contributed by atoms with Crippen LogP contribution in [0.25, 0.3) is 90.1 Å². The number of aromatic amines is 2. The molecule has 0 fully saturated rings. The molecule has 0 aliphatic carbocycles. The second kappa shape index (κ2) is 46.3. The molecule has 0 saturated carbocycles. The van der Waals surface area contributed by atoms with Gasteiger partial charge in [-0.1, -0.05) is 376 Å². The van der Waals surface area contributed by atoms with Crippen molar-refractivity contribution in [2.24, 2.45) is 21.5 Å². The number of tetrazole rings is 4. The standard InChI is InChI=1S/C82H75N13O4.C34H32N13.2BrH/c1-79(2,3)98-77(96)84-76(85-78(97)99-80(4,5)6)83-54-53-69-57-92(55-59-45-49-61(50-46-59)70-41-25-27-43-72(70)74-86-88-90-94(74)81(63-29-13-7-14-30-63,64-31-15-8-16-32-64)65-33-17-9-18-34-65)58-93(69)56-60-47-51-62(52-48-60)71-42-26-28-44-73(71)75-87-89-91-95(75)82(66-35-19-10-20-36-66,67-37-21-11-22-38-67)68-39-23-12-24-40-68;35-34(36)37-18-17-27-21-46(19-23-9-13-25(14-10-23)28-5-1-3-7-30(28)32-38-42-43-39-32)22-47(27)20-24-11-15-26(16-12-24)29-6-2-4-8-31(29)33-40-44-45-41-33;;/h7-52,57-58H,53-56H2,1-6H3,(H-,83,84,85,96,97);1-16,21-22H,17-20H2,(H4,35,36,37)(H,38,39,42,43)(H,40,41,44,45);2*1H/q;+1;;/p-1. The number of hydrogen-bond donors (Lipinski definition) is 6. The van der Waals surface area contributed by atoms with Crippen molar-refractivity contribution in [1.29, 1.82) is 0 Å². The lowest BCUT2D eigenvalue weighted by atomic mass is 9.77. The van der Waals surface area contributed by atoms with E-state index in [-0.39, 0.29) is 52.4 Å². The molecule has 0 aliphatic rings. The minimum atomic E-state index is -0.941. The molecule has 0 atom stereocenters. The first-order chi connectivity index (χ1) is 71.2. The van der Waals surface area contributed by atoms with E-state index in [0.29, 0.717) is 68.9 Å². The predicted octanol–water partition coefficient (Wildman–Crippen LogP) is 12.5. The van der Waals surface area contributed by atoms with Crippen molar-refractivity contribution in [3.8, 4) is 90.1 Å². The minimum absolute atomic E-state index is 0. The first-order valence-electron chi connectivity index (χ1n) is 48.1. The highest BCUT2D eigenvalue weighted by Gasteiger charge is 2.44. The number of nitrogens with one attached hydrogen (secondary N) is 4. The van der Waals surface area contributed by atoms with Crippen LogP contribution in [0.2, 0.25) is 0 Å². The Hall–Kier alpha value is -17.8. The fraction of sp³-hybridized carbons (Fsp3) is 0.155. The summed E-state index contributed by atoms with van der Waals surface area (Å²) in [4.78, 5) is 34.6. The van der Waals surface area contributed by atoms with Gasteiger partial charge >= 0.3 is 12.2 Å². The van der Waals surface area contributed by atoms with Crippen LogP contribution in [-0.4, -0.2) is 139 Å². The monoisotopic (exact) mass is 2090 g/mol. The normalized spacial score (nSPS) is 11.6. The molecule has 32 heteroatoms. The number of imidazole rings is 2. The van der Waals surface area contributed by atoms with Gasteiger partial charge in [0.1, 0.15) is 72.2 Å². The van der Waals surface area contributed by atoms with Gasteiger partial charge in [0.15, 0.2) is 17.6 Å². The molecule has 0 saturated heterocycles. The SMILES string of the molecule is CC(C)(C)OC(=O)N=C(NCCc1cn(Cc2ccc(-c3ccccc3-c3nnnn3C(c3ccccc3)(c3ccccc3)c3ccccc3)cc2)c[n+]1Cc1ccc(-c2ccccc2-c2nnnn2C(c2ccccc2)(c2ccccc2)c2ccccc2)cc1)NC(=O)OC(C)(C)C.NC(N)=NCCc1c[n+](Cc2ccc(-c3ccccc3-c3nn[nH]n3)cc2)cn1Cc1ccc(-c2ccccc2-c2nn[nH]n2)cc1.[Br-].[Br-]. The summed E-state index contributed by atoms with van der Waals surface area (Å²) in [6.07, 6.45) is 8.08. The van der Waals surface area contributed by atoms with Crippen LogP contribution in [-0.2, 0) is 59.6 Å². The number of ether oxygens (including phenoxy) is 2. The lowest BCUT2D eigenvalue weighted by Gasteiger charge is -2.36. The number of rotatable bonds is 30. The predicted molar refractivity (Wildman–Crippen MR) is 561 cm³/mol. The van der Waals surface area contributed by atoms with Gasteiger partial charge in [-0.05, 0) is 173 Å². The van der Waals surface area contributed by atoms with Gasteiger partial charge in [0.25, 0.3) is 0 Å². The van der Waals surface area contributed by atoms with E-state index in [1.165, 1.54) is 11.1 Å². The van der Waals surface area contributed by atoms with Crippen LogP contribution in [0, 0.1) is 0 Å². The molecule has 8 N–H and O–H groups in total. The summed E-state index contributed by atoms with van der Waals surface area (Å²) in [5, 5.41) is 63.2. The molecule has 0 aliphatic heterocycles.